The maximum atomic E-state index is 11.9. The number of halogens is 1. The molecule has 3 N–H and O–H groups in total. The summed E-state index contributed by atoms with van der Waals surface area (Å²) in [6, 6.07) is 7.90. The van der Waals surface area contributed by atoms with Crippen molar-refractivity contribution in [2.24, 2.45) is 11.7 Å². The van der Waals surface area contributed by atoms with E-state index in [1.165, 1.54) is 6.07 Å². The number of anilines is 1. The number of hydrogen-bond acceptors (Lipinski definition) is 4. The SMILES string of the molecule is CC(N)C(C)C(=O)Nc1ccc2oc(=O)ccc2c1.Cl. The summed E-state index contributed by atoms with van der Waals surface area (Å²) in [6.07, 6.45) is 0. The number of carbonyl (C=O) groups is 1. The van der Waals surface area contributed by atoms with E-state index in [1.54, 1.807) is 38.1 Å². The van der Waals surface area contributed by atoms with Crippen LogP contribution in [0.4, 0.5) is 5.69 Å². The van der Waals surface area contributed by atoms with E-state index in [0.29, 0.717) is 11.3 Å². The van der Waals surface area contributed by atoms with Gasteiger partial charge in [0.15, 0.2) is 0 Å². The molecule has 20 heavy (non-hydrogen) atoms. The summed E-state index contributed by atoms with van der Waals surface area (Å²) in [5.74, 6) is -0.406. The second-order valence-corrected chi connectivity index (χ2v) is 4.64. The summed E-state index contributed by atoms with van der Waals surface area (Å²) in [6.45, 7) is 3.57. The Balaban J connectivity index is 0.00000200. The van der Waals surface area contributed by atoms with Crippen LogP contribution in [-0.4, -0.2) is 11.9 Å². The molecule has 0 aliphatic carbocycles. The third kappa shape index (κ3) is 3.59. The van der Waals surface area contributed by atoms with Gasteiger partial charge in [-0.2, -0.15) is 0 Å². The fraction of sp³-hybridized carbons (Fsp3) is 0.286. The lowest BCUT2D eigenvalue weighted by Crippen LogP contribution is -2.34. The number of rotatable bonds is 3. The van der Waals surface area contributed by atoms with Gasteiger partial charge < -0.3 is 15.5 Å². The average Bonchev–Trinajstić information content (AvgIpc) is 2.37. The highest BCUT2D eigenvalue weighted by Crippen LogP contribution is 2.18. The van der Waals surface area contributed by atoms with Crippen LogP contribution in [0.1, 0.15) is 13.8 Å². The summed E-state index contributed by atoms with van der Waals surface area (Å²) >= 11 is 0. The minimum absolute atomic E-state index is 0. The highest BCUT2D eigenvalue weighted by molar-refractivity contribution is 5.94. The van der Waals surface area contributed by atoms with E-state index in [4.69, 9.17) is 10.2 Å². The first-order chi connectivity index (χ1) is 8.97. The Kier molecular flexibility index (Phi) is 5.30. The van der Waals surface area contributed by atoms with Crippen molar-refractivity contribution in [2.75, 3.05) is 5.32 Å². The molecule has 6 heteroatoms. The van der Waals surface area contributed by atoms with Gasteiger partial charge in [-0.1, -0.05) is 6.92 Å². The fourth-order valence-electron chi connectivity index (χ4n) is 1.64. The molecule has 0 spiro atoms. The number of benzene rings is 1. The molecule has 2 aromatic rings. The van der Waals surface area contributed by atoms with Gasteiger partial charge >= 0.3 is 5.63 Å². The number of carbonyl (C=O) groups excluding carboxylic acids is 1. The molecule has 108 valence electrons. The normalized spacial score (nSPS) is 13.3. The Hall–Kier alpha value is -1.85. The summed E-state index contributed by atoms with van der Waals surface area (Å²) in [4.78, 5) is 22.9. The van der Waals surface area contributed by atoms with Crippen LogP contribution in [0.2, 0.25) is 0 Å². The van der Waals surface area contributed by atoms with Crippen LogP contribution in [0.15, 0.2) is 39.5 Å². The predicted octanol–water partition coefficient (Wildman–Crippen LogP) is 2.14. The Morgan fingerprint density at radius 1 is 1.25 bits per heavy atom. The van der Waals surface area contributed by atoms with Gasteiger partial charge in [-0.15, -0.1) is 12.4 Å². The minimum Gasteiger partial charge on any atom is -0.423 e. The first-order valence-electron chi connectivity index (χ1n) is 6.08. The van der Waals surface area contributed by atoms with E-state index in [0.717, 1.165) is 5.39 Å². The lowest BCUT2D eigenvalue weighted by Gasteiger charge is -2.15. The van der Waals surface area contributed by atoms with Gasteiger partial charge in [0.1, 0.15) is 5.58 Å². The molecule has 5 nitrogen and oxygen atoms in total. The fourth-order valence-corrected chi connectivity index (χ4v) is 1.64. The number of fused-ring (bicyclic) bond motifs is 1. The van der Waals surface area contributed by atoms with E-state index in [2.05, 4.69) is 5.32 Å². The van der Waals surface area contributed by atoms with Gasteiger partial charge in [0.2, 0.25) is 5.91 Å². The molecule has 1 aromatic carbocycles. The van der Waals surface area contributed by atoms with Gasteiger partial charge in [-0.3, -0.25) is 4.79 Å². The third-order valence-electron chi connectivity index (χ3n) is 3.09. The maximum absolute atomic E-state index is 11.9. The van der Waals surface area contributed by atoms with Crippen molar-refractivity contribution in [2.45, 2.75) is 19.9 Å². The van der Waals surface area contributed by atoms with Gasteiger partial charge in [-0.05, 0) is 31.2 Å². The van der Waals surface area contributed by atoms with Crippen LogP contribution in [0, 0.1) is 5.92 Å². The van der Waals surface area contributed by atoms with Crippen molar-refractivity contribution in [3.63, 3.8) is 0 Å². The zero-order chi connectivity index (χ0) is 14.0. The second-order valence-electron chi connectivity index (χ2n) is 4.64. The Morgan fingerprint density at radius 3 is 2.60 bits per heavy atom. The zero-order valence-corrected chi connectivity index (χ0v) is 12.1. The molecule has 0 aliphatic rings. The van der Waals surface area contributed by atoms with E-state index in [-0.39, 0.29) is 30.3 Å². The standard InChI is InChI=1S/C14H16N2O3.ClH/c1-8(9(2)15)14(18)16-11-4-5-12-10(7-11)3-6-13(17)19-12;/h3-9H,15H2,1-2H3,(H,16,18);1H. The Morgan fingerprint density at radius 2 is 1.95 bits per heavy atom. The third-order valence-corrected chi connectivity index (χ3v) is 3.09. The highest BCUT2D eigenvalue weighted by atomic mass is 35.5. The van der Waals surface area contributed by atoms with Gasteiger partial charge in [-0.25, -0.2) is 4.79 Å². The lowest BCUT2D eigenvalue weighted by molar-refractivity contribution is -0.119. The van der Waals surface area contributed by atoms with Gasteiger partial charge in [0.25, 0.3) is 0 Å². The monoisotopic (exact) mass is 296 g/mol. The molecule has 0 radical (unpaired) electrons. The molecule has 0 saturated carbocycles. The molecule has 0 bridgehead atoms. The van der Waals surface area contributed by atoms with E-state index in [9.17, 15) is 9.59 Å². The molecule has 0 aliphatic heterocycles. The largest absolute Gasteiger partial charge is 0.423 e. The van der Waals surface area contributed by atoms with Crippen LogP contribution in [0.5, 0.6) is 0 Å². The smallest absolute Gasteiger partial charge is 0.336 e. The van der Waals surface area contributed by atoms with Crippen molar-refractivity contribution < 1.29 is 9.21 Å². The molecular formula is C14H17ClN2O3. The summed E-state index contributed by atoms with van der Waals surface area (Å²) in [7, 11) is 0. The molecule has 0 saturated heterocycles. The predicted molar refractivity (Wildman–Crippen MR) is 81.2 cm³/mol. The number of nitrogens with two attached hydrogens (primary N) is 1. The van der Waals surface area contributed by atoms with E-state index in [1.807, 2.05) is 0 Å². The molecule has 0 fully saturated rings. The minimum atomic E-state index is -0.394. The molecular weight excluding hydrogens is 280 g/mol. The van der Waals surface area contributed by atoms with Crippen molar-refractivity contribution >= 4 is 35.0 Å². The summed E-state index contributed by atoms with van der Waals surface area (Å²) in [5.41, 5.74) is 6.44. The molecule has 1 heterocycles. The Bertz CT molecular complexity index is 667. The highest BCUT2D eigenvalue weighted by Gasteiger charge is 2.17. The van der Waals surface area contributed by atoms with E-state index < -0.39 is 5.63 Å². The zero-order valence-electron chi connectivity index (χ0n) is 11.3. The number of nitrogens with one attached hydrogen (secondary N) is 1. The first kappa shape index (κ1) is 16.2. The molecule has 2 unspecified atom stereocenters. The van der Waals surface area contributed by atoms with Crippen LogP contribution >= 0.6 is 12.4 Å². The first-order valence-corrected chi connectivity index (χ1v) is 6.08. The van der Waals surface area contributed by atoms with Gasteiger partial charge in [0.05, 0.1) is 5.92 Å². The van der Waals surface area contributed by atoms with Crippen molar-refractivity contribution in [3.8, 4) is 0 Å². The number of amides is 1. The van der Waals surface area contributed by atoms with Crippen LogP contribution in [0.25, 0.3) is 11.0 Å². The number of hydrogen-bond donors (Lipinski definition) is 2. The molecule has 2 rings (SSSR count). The topological polar surface area (TPSA) is 85.3 Å². The van der Waals surface area contributed by atoms with Crippen molar-refractivity contribution in [1.29, 1.82) is 0 Å². The maximum Gasteiger partial charge on any atom is 0.336 e. The molecule has 1 aromatic heterocycles. The summed E-state index contributed by atoms with van der Waals surface area (Å²) < 4.78 is 5.02. The van der Waals surface area contributed by atoms with Crippen LogP contribution in [-0.2, 0) is 4.79 Å². The van der Waals surface area contributed by atoms with Crippen molar-refractivity contribution in [3.05, 3.63) is 40.8 Å². The molecule has 1 amide bonds. The summed E-state index contributed by atoms with van der Waals surface area (Å²) in [5, 5.41) is 3.55. The van der Waals surface area contributed by atoms with Crippen molar-refractivity contribution in [1.82, 2.24) is 0 Å². The average molecular weight is 297 g/mol. The van der Waals surface area contributed by atoms with Crippen LogP contribution < -0.4 is 16.7 Å². The molecule has 2 atom stereocenters. The van der Waals surface area contributed by atoms with Crippen LogP contribution in [0.3, 0.4) is 0 Å². The second kappa shape index (κ2) is 6.54. The quantitative estimate of drug-likeness (QED) is 0.850. The Labute approximate surface area is 122 Å². The van der Waals surface area contributed by atoms with E-state index >= 15 is 0 Å². The lowest BCUT2D eigenvalue weighted by atomic mass is 10.0. The van der Waals surface area contributed by atoms with Gasteiger partial charge in [0, 0.05) is 23.2 Å².